The highest BCUT2D eigenvalue weighted by atomic mass is 32.1. The second-order valence-electron chi connectivity index (χ2n) is 4.40. The van der Waals surface area contributed by atoms with Crippen LogP contribution in [0.1, 0.15) is 39.8 Å². The molecule has 1 aliphatic rings. The van der Waals surface area contributed by atoms with E-state index in [1.165, 1.54) is 6.07 Å². The number of hydrogen-bond donors (Lipinski definition) is 1. The Kier molecular flexibility index (Phi) is 3.20. The van der Waals surface area contributed by atoms with Crippen LogP contribution in [0, 0.1) is 5.95 Å². The maximum absolute atomic E-state index is 12.9. The molecule has 2 heterocycles. The molecule has 0 bridgehead atoms. The maximum atomic E-state index is 12.9. The summed E-state index contributed by atoms with van der Waals surface area (Å²) >= 11 is 1.10. The van der Waals surface area contributed by atoms with Crippen molar-refractivity contribution in [2.24, 2.45) is 0 Å². The number of rotatable bonds is 4. The van der Waals surface area contributed by atoms with Crippen molar-refractivity contribution in [3.8, 4) is 0 Å². The normalized spacial score (nSPS) is 14.4. The van der Waals surface area contributed by atoms with E-state index >= 15 is 0 Å². The number of nitrogens with zero attached hydrogens (tertiary/aromatic N) is 3. The molecule has 2 aromatic heterocycles. The fourth-order valence-electron chi connectivity index (χ4n) is 1.78. The van der Waals surface area contributed by atoms with Crippen LogP contribution in [0.5, 0.6) is 0 Å². The number of carbonyl (C=O) groups excluding carboxylic acids is 1. The maximum Gasteiger partial charge on any atom is 0.265 e. The van der Waals surface area contributed by atoms with Crippen LogP contribution in [0.25, 0.3) is 0 Å². The molecule has 1 aliphatic carbocycles. The summed E-state index contributed by atoms with van der Waals surface area (Å²) < 4.78 is 16.7. The van der Waals surface area contributed by atoms with Gasteiger partial charge in [-0.3, -0.25) is 4.79 Å². The minimum absolute atomic E-state index is 0.193. The lowest BCUT2D eigenvalue weighted by atomic mass is 10.2. The van der Waals surface area contributed by atoms with E-state index in [1.807, 2.05) is 0 Å². The molecule has 1 fully saturated rings. The summed E-state index contributed by atoms with van der Waals surface area (Å²) in [6, 6.07) is 4.49. The SMILES string of the molecule is O=C(NCc1cccc(F)n1)c1snnc1C1CC1. The zero-order valence-corrected chi connectivity index (χ0v) is 10.8. The third-order valence-corrected chi connectivity index (χ3v) is 3.63. The van der Waals surface area contributed by atoms with Gasteiger partial charge in [-0.05, 0) is 36.5 Å². The number of aromatic nitrogens is 3. The number of hydrogen-bond acceptors (Lipinski definition) is 5. The molecule has 0 atom stereocenters. The van der Waals surface area contributed by atoms with Crippen molar-refractivity contribution in [2.75, 3.05) is 0 Å². The molecule has 3 rings (SSSR count). The third kappa shape index (κ3) is 2.76. The van der Waals surface area contributed by atoms with Crippen LogP contribution >= 0.6 is 11.5 Å². The zero-order valence-electron chi connectivity index (χ0n) is 9.97. The van der Waals surface area contributed by atoms with Crippen LogP contribution in [-0.2, 0) is 6.54 Å². The van der Waals surface area contributed by atoms with Crippen molar-refractivity contribution < 1.29 is 9.18 Å². The summed E-state index contributed by atoms with van der Waals surface area (Å²) in [5.74, 6) is -0.389. The highest BCUT2D eigenvalue weighted by molar-refractivity contribution is 7.08. The number of pyridine rings is 1. The Hall–Kier alpha value is -1.89. The van der Waals surface area contributed by atoms with Crippen LogP contribution in [0.15, 0.2) is 18.2 Å². The summed E-state index contributed by atoms with van der Waals surface area (Å²) in [4.78, 5) is 16.3. The molecule has 0 unspecified atom stereocenters. The van der Waals surface area contributed by atoms with Crippen molar-refractivity contribution >= 4 is 17.4 Å². The van der Waals surface area contributed by atoms with Crippen LogP contribution < -0.4 is 5.32 Å². The van der Waals surface area contributed by atoms with Crippen molar-refractivity contribution in [3.63, 3.8) is 0 Å². The number of halogens is 1. The van der Waals surface area contributed by atoms with Crippen molar-refractivity contribution in [1.82, 2.24) is 19.9 Å². The molecule has 7 heteroatoms. The number of carbonyl (C=O) groups is 1. The highest BCUT2D eigenvalue weighted by Gasteiger charge is 2.31. The standard InChI is InChI=1S/C12H11FN4OS/c13-9-3-1-2-8(15-9)6-14-12(18)11-10(7-4-5-7)16-17-19-11/h1-3,7H,4-6H2,(H,14,18). The Morgan fingerprint density at radius 1 is 1.47 bits per heavy atom. The van der Waals surface area contributed by atoms with E-state index < -0.39 is 5.95 Å². The molecule has 0 aromatic carbocycles. The predicted molar refractivity (Wildman–Crippen MR) is 67.2 cm³/mol. The third-order valence-electron chi connectivity index (χ3n) is 2.89. The molecule has 1 amide bonds. The van der Waals surface area contributed by atoms with Crippen LogP contribution in [-0.4, -0.2) is 20.5 Å². The van der Waals surface area contributed by atoms with Gasteiger partial charge in [0.1, 0.15) is 4.88 Å². The van der Waals surface area contributed by atoms with Crippen molar-refractivity contribution in [2.45, 2.75) is 25.3 Å². The van der Waals surface area contributed by atoms with E-state index in [0.717, 1.165) is 30.1 Å². The van der Waals surface area contributed by atoms with E-state index in [4.69, 9.17) is 0 Å². The summed E-state index contributed by atoms with van der Waals surface area (Å²) in [6.07, 6.45) is 2.13. The monoisotopic (exact) mass is 278 g/mol. The van der Waals surface area contributed by atoms with Gasteiger partial charge in [-0.25, -0.2) is 4.98 Å². The van der Waals surface area contributed by atoms with Gasteiger partial charge in [0.15, 0.2) is 0 Å². The average Bonchev–Trinajstić information content (AvgIpc) is 3.13. The Morgan fingerprint density at radius 2 is 2.32 bits per heavy atom. The van der Waals surface area contributed by atoms with Gasteiger partial charge in [0.25, 0.3) is 5.91 Å². The van der Waals surface area contributed by atoms with Gasteiger partial charge in [-0.2, -0.15) is 4.39 Å². The zero-order chi connectivity index (χ0) is 13.2. The fourth-order valence-corrected chi connectivity index (χ4v) is 2.45. The molecule has 0 saturated heterocycles. The Balaban J connectivity index is 1.66. The molecule has 98 valence electrons. The smallest absolute Gasteiger partial charge is 0.265 e. The second kappa shape index (κ2) is 5.00. The lowest BCUT2D eigenvalue weighted by Gasteiger charge is -2.03. The molecule has 1 N–H and O–H groups in total. The highest BCUT2D eigenvalue weighted by Crippen LogP contribution is 2.41. The molecular formula is C12H11FN4OS. The van der Waals surface area contributed by atoms with Gasteiger partial charge < -0.3 is 5.32 Å². The van der Waals surface area contributed by atoms with E-state index in [0.29, 0.717) is 16.5 Å². The Bertz CT molecular complexity index is 611. The van der Waals surface area contributed by atoms with Gasteiger partial charge in [-0.1, -0.05) is 10.6 Å². The van der Waals surface area contributed by atoms with Crippen LogP contribution in [0.2, 0.25) is 0 Å². The minimum atomic E-state index is -0.551. The second-order valence-corrected chi connectivity index (χ2v) is 5.15. The number of nitrogens with one attached hydrogen (secondary N) is 1. The van der Waals surface area contributed by atoms with Gasteiger partial charge in [0, 0.05) is 5.92 Å². The number of amides is 1. The molecule has 0 radical (unpaired) electrons. The van der Waals surface area contributed by atoms with E-state index in [1.54, 1.807) is 12.1 Å². The first-order chi connectivity index (χ1) is 9.24. The predicted octanol–water partition coefficient (Wildman–Crippen LogP) is 1.88. The average molecular weight is 278 g/mol. The van der Waals surface area contributed by atoms with Crippen LogP contribution in [0.4, 0.5) is 4.39 Å². The quantitative estimate of drug-likeness (QED) is 0.867. The molecule has 19 heavy (non-hydrogen) atoms. The lowest BCUT2D eigenvalue weighted by molar-refractivity contribution is 0.0953. The first-order valence-electron chi connectivity index (χ1n) is 5.96. The van der Waals surface area contributed by atoms with Gasteiger partial charge in [-0.15, -0.1) is 5.10 Å². The van der Waals surface area contributed by atoms with Crippen molar-refractivity contribution in [3.05, 3.63) is 40.4 Å². The summed E-state index contributed by atoms with van der Waals surface area (Å²) in [5.41, 5.74) is 1.27. The molecule has 1 saturated carbocycles. The van der Waals surface area contributed by atoms with E-state index in [-0.39, 0.29) is 12.5 Å². The molecule has 2 aromatic rings. The molecular weight excluding hydrogens is 267 g/mol. The summed E-state index contributed by atoms with van der Waals surface area (Å²) in [5, 5.41) is 6.71. The topological polar surface area (TPSA) is 67.8 Å². The summed E-state index contributed by atoms with van der Waals surface area (Å²) in [6.45, 7) is 0.193. The minimum Gasteiger partial charge on any atom is -0.346 e. The summed E-state index contributed by atoms with van der Waals surface area (Å²) in [7, 11) is 0. The van der Waals surface area contributed by atoms with E-state index in [9.17, 15) is 9.18 Å². The molecule has 5 nitrogen and oxygen atoms in total. The fraction of sp³-hybridized carbons (Fsp3) is 0.333. The Labute approximate surface area is 113 Å². The van der Waals surface area contributed by atoms with Crippen LogP contribution in [0.3, 0.4) is 0 Å². The van der Waals surface area contributed by atoms with Gasteiger partial charge in [0.2, 0.25) is 5.95 Å². The first kappa shape index (κ1) is 12.2. The lowest BCUT2D eigenvalue weighted by Crippen LogP contribution is -2.23. The van der Waals surface area contributed by atoms with E-state index in [2.05, 4.69) is 19.9 Å². The van der Waals surface area contributed by atoms with Gasteiger partial charge in [0.05, 0.1) is 17.9 Å². The van der Waals surface area contributed by atoms with Gasteiger partial charge >= 0.3 is 0 Å². The molecule has 0 aliphatic heterocycles. The largest absolute Gasteiger partial charge is 0.346 e. The van der Waals surface area contributed by atoms with Crippen molar-refractivity contribution in [1.29, 1.82) is 0 Å². The first-order valence-corrected chi connectivity index (χ1v) is 6.73. The Morgan fingerprint density at radius 3 is 3.05 bits per heavy atom. The molecule has 0 spiro atoms.